The zero-order chi connectivity index (χ0) is 13.5. The van der Waals surface area contributed by atoms with E-state index in [9.17, 15) is 4.79 Å². The van der Waals surface area contributed by atoms with Gasteiger partial charge in [0.05, 0.1) is 10.0 Å². The summed E-state index contributed by atoms with van der Waals surface area (Å²) in [5.74, 6) is 0.861. The highest BCUT2D eigenvalue weighted by molar-refractivity contribution is 6.37. The van der Waals surface area contributed by atoms with Gasteiger partial charge in [0.1, 0.15) is 11.6 Å². The maximum Gasteiger partial charge on any atom is 0.217 e. The lowest BCUT2D eigenvalue weighted by Gasteiger charge is -2.10. The van der Waals surface area contributed by atoms with Gasteiger partial charge in [0.2, 0.25) is 5.91 Å². The minimum atomic E-state index is -0.282. The van der Waals surface area contributed by atoms with Crippen molar-refractivity contribution in [2.24, 2.45) is 5.73 Å². The van der Waals surface area contributed by atoms with Gasteiger partial charge in [-0.25, -0.2) is 4.98 Å². The number of pyridine rings is 1. The zero-order valence-electron chi connectivity index (χ0n) is 10.1. The molecule has 5 nitrogen and oxygen atoms in total. The van der Waals surface area contributed by atoms with E-state index in [1.807, 2.05) is 0 Å². The van der Waals surface area contributed by atoms with E-state index >= 15 is 0 Å². The van der Waals surface area contributed by atoms with E-state index < -0.39 is 0 Å². The Bertz CT molecular complexity index is 426. The van der Waals surface area contributed by atoms with E-state index in [1.165, 1.54) is 0 Å². The van der Waals surface area contributed by atoms with E-state index in [-0.39, 0.29) is 5.91 Å². The van der Waals surface area contributed by atoms with E-state index in [0.29, 0.717) is 34.6 Å². The Hall–Kier alpha value is -1.20. The number of hydrogen-bond donors (Lipinski definition) is 3. The average molecular weight is 291 g/mol. The number of nitrogens with one attached hydrogen (secondary N) is 2. The van der Waals surface area contributed by atoms with Crippen molar-refractivity contribution in [1.82, 2.24) is 4.98 Å². The molecule has 0 fully saturated rings. The number of carbonyl (C=O) groups is 1. The fraction of sp³-hybridized carbons (Fsp3) is 0.455. The van der Waals surface area contributed by atoms with E-state index in [4.69, 9.17) is 28.9 Å². The molecule has 0 saturated heterocycles. The first-order chi connectivity index (χ1) is 8.54. The molecular formula is C11H16Cl2N4O. The molecule has 1 rings (SSSR count). The molecule has 100 valence electrons. The molecule has 0 aliphatic heterocycles. The van der Waals surface area contributed by atoms with Crippen LogP contribution in [0.15, 0.2) is 6.07 Å². The largest absolute Gasteiger partial charge is 0.372 e. The van der Waals surface area contributed by atoms with Crippen LogP contribution in [0.2, 0.25) is 10.0 Å². The van der Waals surface area contributed by atoms with Crippen LogP contribution >= 0.6 is 23.2 Å². The van der Waals surface area contributed by atoms with Gasteiger partial charge in [0, 0.05) is 20.0 Å². The van der Waals surface area contributed by atoms with Crippen molar-refractivity contribution < 1.29 is 4.79 Å². The minimum Gasteiger partial charge on any atom is -0.372 e. The highest BCUT2D eigenvalue weighted by Gasteiger charge is 2.07. The zero-order valence-corrected chi connectivity index (χ0v) is 11.6. The van der Waals surface area contributed by atoms with Gasteiger partial charge < -0.3 is 16.4 Å². The van der Waals surface area contributed by atoms with Gasteiger partial charge in [-0.05, 0) is 18.9 Å². The molecule has 0 spiro atoms. The van der Waals surface area contributed by atoms with Crippen molar-refractivity contribution in [2.75, 3.05) is 24.2 Å². The van der Waals surface area contributed by atoms with E-state index in [1.54, 1.807) is 13.1 Å². The normalized spacial score (nSPS) is 10.2. The molecule has 0 aliphatic carbocycles. The molecule has 0 radical (unpaired) electrons. The molecule has 0 unspecified atom stereocenters. The molecule has 7 heteroatoms. The van der Waals surface area contributed by atoms with Gasteiger partial charge in [0.25, 0.3) is 0 Å². The summed E-state index contributed by atoms with van der Waals surface area (Å²) in [7, 11) is 1.73. The number of halogens is 2. The molecule has 18 heavy (non-hydrogen) atoms. The minimum absolute atomic E-state index is 0.282. The first kappa shape index (κ1) is 14.9. The smallest absolute Gasteiger partial charge is 0.217 e. The second-order valence-electron chi connectivity index (χ2n) is 3.75. The molecule has 1 amide bonds. The van der Waals surface area contributed by atoms with Gasteiger partial charge in [-0.2, -0.15) is 0 Å². The van der Waals surface area contributed by atoms with Crippen LogP contribution in [-0.4, -0.2) is 24.5 Å². The molecule has 4 N–H and O–H groups in total. The maximum atomic E-state index is 10.6. The standard InChI is InChI=1S/C11H16Cl2N4O/c1-15-10-7(12)6-8(13)11(17-10)16-5-3-2-4-9(14)18/h6H,2-5H2,1H3,(H2,14,18)(H2,15,16,17). The third-order valence-corrected chi connectivity index (χ3v) is 2.88. The number of nitrogens with two attached hydrogens (primary N) is 1. The van der Waals surface area contributed by atoms with Crippen molar-refractivity contribution in [3.05, 3.63) is 16.1 Å². The number of hydrogen-bond acceptors (Lipinski definition) is 4. The number of aromatic nitrogens is 1. The third-order valence-electron chi connectivity index (χ3n) is 2.31. The number of carbonyl (C=O) groups excluding carboxylic acids is 1. The third kappa shape index (κ3) is 4.58. The summed E-state index contributed by atoms with van der Waals surface area (Å²) >= 11 is 11.9. The molecule has 1 aromatic rings. The second kappa shape index (κ2) is 7.28. The van der Waals surface area contributed by atoms with E-state index in [2.05, 4.69) is 15.6 Å². The number of unbranched alkanes of at least 4 members (excludes halogenated alkanes) is 1. The summed E-state index contributed by atoms with van der Waals surface area (Å²) in [5, 5.41) is 6.91. The summed E-state index contributed by atoms with van der Waals surface area (Å²) in [6, 6.07) is 1.63. The number of amides is 1. The van der Waals surface area contributed by atoms with Crippen molar-refractivity contribution in [3.63, 3.8) is 0 Å². The Morgan fingerprint density at radius 1 is 1.33 bits per heavy atom. The van der Waals surface area contributed by atoms with Crippen molar-refractivity contribution in [1.29, 1.82) is 0 Å². The van der Waals surface area contributed by atoms with E-state index in [0.717, 1.165) is 12.8 Å². The van der Waals surface area contributed by atoms with Gasteiger partial charge in [0.15, 0.2) is 0 Å². The predicted octanol–water partition coefficient (Wildman–Crippen LogP) is 2.50. The lowest BCUT2D eigenvalue weighted by Crippen LogP contribution is -2.11. The quantitative estimate of drug-likeness (QED) is 0.674. The van der Waals surface area contributed by atoms with Gasteiger partial charge in [-0.3, -0.25) is 4.79 Å². The average Bonchev–Trinajstić information content (AvgIpc) is 2.30. The summed E-state index contributed by atoms with van der Waals surface area (Å²) < 4.78 is 0. The summed E-state index contributed by atoms with van der Waals surface area (Å²) in [4.78, 5) is 14.8. The van der Waals surface area contributed by atoms with Crippen molar-refractivity contribution in [3.8, 4) is 0 Å². The van der Waals surface area contributed by atoms with Crippen LogP contribution in [0.1, 0.15) is 19.3 Å². The fourth-order valence-electron chi connectivity index (χ4n) is 1.40. The number of primary amides is 1. The van der Waals surface area contributed by atoms with Crippen molar-refractivity contribution >= 4 is 40.7 Å². The van der Waals surface area contributed by atoms with Gasteiger partial charge in [-0.15, -0.1) is 0 Å². The van der Waals surface area contributed by atoms with Crippen LogP contribution in [0.5, 0.6) is 0 Å². The highest BCUT2D eigenvalue weighted by Crippen LogP contribution is 2.28. The molecular weight excluding hydrogens is 275 g/mol. The molecule has 1 heterocycles. The molecule has 0 atom stereocenters. The highest BCUT2D eigenvalue weighted by atomic mass is 35.5. The number of anilines is 2. The van der Waals surface area contributed by atoms with Crippen LogP contribution in [0.4, 0.5) is 11.6 Å². The molecule has 0 aliphatic rings. The van der Waals surface area contributed by atoms with Crippen LogP contribution < -0.4 is 16.4 Å². The van der Waals surface area contributed by atoms with Gasteiger partial charge >= 0.3 is 0 Å². The summed E-state index contributed by atoms with van der Waals surface area (Å²) in [6.07, 6.45) is 1.95. The lowest BCUT2D eigenvalue weighted by atomic mass is 10.2. The Kier molecular flexibility index (Phi) is 6.01. The first-order valence-corrected chi connectivity index (χ1v) is 6.36. The Labute approximate surface area is 116 Å². The lowest BCUT2D eigenvalue weighted by molar-refractivity contribution is -0.118. The molecule has 0 aromatic carbocycles. The van der Waals surface area contributed by atoms with Crippen LogP contribution in [0.25, 0.3) is 0 Å². The van der Waals surface area contributed by atoms with Gasteiger partial charge in [-0.1, -0.05) is 23.2 Å². The molecule has 1 aromatic heterocycles. The van der Waals surface area contributed by atoms with Crippen molar-refractivity contribution in [2.45, 2.75) is 19.3 Å². The molecule has 0 saturated carbocycles. The van der Waals surface area contributed by atoms with Crippen LogP contribution in [0.3, 0.4) is 0 Å². The second-order valence-corrected chi connectivity index (χ2v) is 4.56. The Morgan fingerprint density at radius 2 is 2.00 bits per heavy atom. The Morgan fingerprint density at radius 3 is 2.61 bits per heavy atom. The molecule has 0 bridgehead atoms. The SMILES string of the molecule is CNc1nc(NCCCCC(N)=O)c(Cl)cc1Cl. The topological polar surface area (TPSA) is 80.0 Å². The van der Waals surface area contributed by atoms with Crippen LogP contribution in [0, 0.1) is 0 Å². The van der Waals surface area contributed by atoms with Crippen LogP contribution in [-0.2, 0) is 4.79 Å². The predicted molar refractivity (Wildman–Crippen MR) is 75.3 cm³/mol. The summed E-state index contributed by atoms with van der Waals surface area (Å²) in [6.45, 7) is 0.671. The Balaban J connectivity index is 2.49. The fourth-order valence-corrected chi connectivity index (χ4v) is 1.92. The first-order valence-electron chi connectivity index (χ1n) is 5.60. The summed E-state index contributed by atoms with van der Waals surface area (Å²) in [5.41, 5.74) is 5.05. The monoisotopic (exact) mass is 290 g/mol. The number of rotatable bonds is 7. The number of nitrogens with zero attached hydrogens (tertiary/aromatic N) is 1. The maximum absolute atomic E-state index is 10.6.